The molecule has 1 saturated heterocycles. The van der Waals surface area contributed by atoms with E-state index in [2.05, 4.69) is 21.2 Å². The van der Waals surface area contributed by atoms with Gasteiger partial charge in [-0.3, -0.25) is 14.9 Å². The molecule has 3 rings (SSSR count). The zero-order chi connectivity index (χ0) is 20.1. The second-order valence-corrected chi connectivity index (χ2v) is 7.63. The summed E-state index contributed by atoms with van der Waals surface area (Å²) >= 11 is 3.28. The molecular weight excluding hydrogens is 426 g/mol. The van der Waals surface area contributed by atoms with Gasteiger partial charge in [-0.15, -0.1) is 0 Å². The third kappa shape index (κ3) is 4.81. The van der Waals surface area contributed by atoms with Crippen molar-refractivity contribution < 1.29 is 14.5 Å². The molecule has 0 aromatic heterocycles. The maximum absolute atomic E-state index is 12.5. The lowest BCUT2D eigenvalue weighted by Gasteiger charge is -2.32. The molecule has 0 radical (unpaired) electrons. The minimum Gasteiger partial charge on any atom is -0.497 e. The van der Waals surface area contributed by atoms with Crippen molar-refractivity contribution in [1.29, 1.82) is 0 Å². The molecule has 148 valence electrons. The monoisotopic (exact) mass is 447 g/mol. The zero-order valence-electron chi connectivity index (χ0n) is 15.6. The Morgan fingerprint density at radius 2 is 1.93 bits per heavy atom. The van der Waals surface area contributed by atoms with Crippen LogP contribution in [0.15, 0.2) is 46.9 Å². The van der Waals surface area contributed by atoms with Gasteiger partial charge in [-0.25, -0.2) is 0 Å². The number of nitrogens with zero attached hydrogens (tertiary/aromatic N) is 2. The molecule has 8 heteroatoms. The summed E-state index contributed by atoms with van der Waals surface area (Å²) in [5.41, 5.74) is 1.69. The van der Waals surface area contributed by atoms with E-state index in [1.54, 1.807) is 19.2 Å². The Morgan fingerprint density at radius 1 is 1.25 bits per heavy atom. The van der Waals surface area contributed by atoms with Gasteiger partial charge in [0.15, 0.2) is 0 Å². The van der Waals surface area contributed by atoms with E-state index in [0.29, 0.717) is 42.6 Å². The normalized spacial score (nSPS) is 14.6. The standard InChI is InChI=1S/C20H22BrN3O4/c1-28-17-5-2-14(3-6-17)13-22-20(25)15-8-10-23(11-9-15)18-7-4-16(21)12-19(18)24(26)27/h2-7,12,15H,8-11,13H2,1H3,(H,22,25). The van der Waals surface area contributed by atoms with Gasteiger partial charge in [0, 0.05) is 36.1 Å². The Morgan fingerprint density at radius 3 is 2.54 bits per heavy atom. The Kier molecular flexibility index (Phi) is 6.51. The SMILES string of the molecule is COc1ccc(CNC(=O)C2CCN(c3ccc(Br)cc3[N+](=O)[O-])CC2)cc1. The lowest BCUT2D eigenvalue weighted by molar-refractivity contribution is -0.384. The molecular formula is C20H22BrN3O4. The van der Waals surface area contributed by atoms with E-state index in [4.69, 9.17) is 4.74 Å². The predicted octanol–water partition coefficient (Wildman–Crippen LogP) is 3.90. The van der Waals surface area contributed by atoms with E-state index >= 15 is 0 Å². The number of carbonyl (C=O) groups is 1. The molecule has 28 heavy (non-hydrogen) atoms. The average Bonchev–Trinajstić information content (AvgIpc) is 2.72. The van der Waals surface area contributed by atoms with Crippen molar-refractivity contribution in [3.8, 4) is 5.75 Å². The van der Waals surface area contributed by atoms with Gasteiger partial charge in [-0.05, 0) is 42.7 Å². The lowest BCUT2D eigenvalue weighted by atomic mass is 9.95. The van der Waals surface area contributed by atoms with Crippen LogP contribution < -0.4 is 15.0 Å². The molecule has 2 aromatic carbocycles. The molecule has 0 aliphatic carbocycles. The molecule has 1 fully saturated rings. The fraction of sp³-hybridized carbons (Fsp3) is 0.350. The van der Waals surface area contributed by atoms with E-state index in [1.165, 1.54) is 6.07 Å². The maximum atomic E-state index is 12.5. The number of methoxy groups -OCH3 is 1. The van der Waals surface area contributed by atoms with E-state index in [-0.39, 0.29) is 22.4 Å². The van der Waals surface area contributed by atoms with E-state index < -0.39 is 0 Å². The highest BCUT2D eigenvalue weighted by molar-refractivity contribution is 9.10. The van der Waals surface area contributed by atoms with Crippen LogP contribution in [-0.2, 0) is 11.3 Å². The summed E-state index contributed by atoms with van der Waals surface area (Å²) in [7, 11) is 1.62. The number of piperidine rings is 1. The minimum absolute atomic E-state index is 0.0285. The van der Waals surface area contributed by atoms with Crippen molar-refractivity contribution >= 4 is 33.2 Å². The van der Waals surface area contributed by atoms with Crippen LogP contribution >= 0.6 is 15.9 Å². The second-order valence-electron chi connectivity index (χ2n) is 6.72. The zero-order valence-corrected chi connectivity index (χ0v) is 17.1. The fourth-order valence-electron chi connectivity index (χ4n) is 3.37. The number of rotatable bonds is 6. The predicted molar refractivity (Wildman–Crippen MR) is 111 cm³/mol. The summed E-state index contributed by atoms with van der Waals surface area (Å²) < 4.78 is 5.81. The van der Waals surface area contributed by atoms with Gasteiger partial charge in [0.1, 0.15) is 11.4 Å². The number of ether oxygens (including phenoxy) is 1. The molecule has 1 heterocycles. The number of carbonyl (C=O) groups excluding carboxylic acids is 1. The average molecular weight is 448 g/mol. The van der Waals surface area contributed by atoms with Gasteiger partial charge in [-0.2, -0.15) is 0 Å². The molecule has 0 saturated carbocycles. The van der Waals surface area contributed by atoms with Gasteiger partial charge >= 0.3 is 0 Å². The van der Waals surface area contributed by atoms with Crippen LogP contribution in [0.5, 0.6) is 5.75 Å². The number of nitrogens with one attached hydrogen (secondary N) is 1. The number of halogens is 1. The van der Waals surface area contributed by atoms with Crippen molar-refractivity contribution in [2.24, 2.45) is 5.92 Å². The quantitative estimate of drug-likeness (QED) is 0.535. The number of hydrogen-bond acceptors (Lipinski definition) is 5. The van der Waals surface area contributed by atoms with Gasteiger partial charge in [0.2, 0.25) is 5.91 Å². The molecule has 7 nitrogen and oxygen atoms in total. The van der Waals surface area contributed by atoms with Gasteiger partial charge in [-0.1, -0.05) is 28.1 Å². The lowest BCUT2D eigenvalue weighted by Crippen LogP contribution is -2.40. The Hall–Kier alpha value is -2.61. The maximum Gasteiger partial charge on any atom is 0.293 e. The topological polar surface area (TPSA) is 84.7 Å². The first-order chi connectivity index (χ1) is 13.5. The highest BCUT2D eigenvalue weighted by Gasteiger charge is 2.28. The summed E-state index contributed by atoms with van der Waals surface area (Å²) in [6, 6.07) is 12.7. The third-order valence-corrected chi connectivity index (χ3v) is 5.46. The number of nitro groups is 1. The third-order valence-electron chi connectivity index (χ3n) is 4.97. The molecule has 1 N–H and O–H groups in total. The number of anilines is 1. The van der Waals surface area contributed by atoms with Crippen molar-refractivity contribution in [3.63, 3.8) is 0 Å². The van der Waals surface area contributed by atoms with Crippen LogP contribution in [0.4, 0.5) is 11.4 Å². The van der Waals surface area contributed by atoms with Crippen LogP contribution in [-0.4, -0.2) is 31.0 Å². The summed E-state index contributed by atoms with van der Waals surface area (Å²) in [6.07, 6.45) is 1.34. The summed E-state index contributed by atoms with van der Waals surface area (Å²) in [5.74, 6) is 0.731. The fourth-order valence-corrected chi connectivity index (χ4v) is 3.72. The van der Waals surface area contributed by atoms with Crippen molar-refractivity contribution in [2.45, 2.75) is 19.4 Å². The molecule has 1 amide bonds. The minimum atomic E-state index is -0.367. The molecule has 1 aliphatic rings. The Labute approximate surface area is 172 Å². The summed E-state index contributed by atoms with van der Waals surface area (Å²) in [5, 5.41) is 14.3. The summed E-state index contributed by atoms with van der Waals surface area (Å²) in [4.78, 5) is 25.4. The first-order valence-corrected chi connectivity index (χ1v) is 9.86. The van der Waals surface area contributed by atoms with Crippen molar-refractivity contribution in [3.05, 3.63) is 62.6 Å². The van der Waals surface area contributed by atoms with E-state index in [1.807, 2.05) is 29.2 Å². The van der Waals surface area contributed by atoms with Gasteiger partial charge in [0.25, 0.3) is 5.69 Å². The van der Waals surface area contributed by atoms with Gasteiger partial charge in [0.05, 0.1) is 12.0 Å². The van der Waals surface area contributed by atoms with Crippen LogP contribution in [0.2, 0.25) is 0 Å². The second kappa shape index (κ2) is 9.05. The number of amides is 1. The number of hydrogen-bond donors (Lipinski definition) is 1. The molecule has 0 spiro atoms. The number of nitro benzene ring substituents is 1. The molecule has 1 aliphatic heterocycles. The van der Waals surface area contributed by atoms with Crippen LogP contribution in [0, 0.1) is 16.0 Å². The van der Waals surface area contributed by atoms with E-state index in [0.717, 1.165) is 11.3 Å². The molecule has 0 atom stereocenters. The van der Waals surface area contributed by atoms with E-state index in [9.17, 15) is 14.9 Å². The highest BCUT2D eigenvalue weighted by atomic mass is 79.9. The van der Waals surface area contributed by atoms with Gasteiger partial charge < -0.3 is 15.0 Å². The van der Waals surface area contributed by atoms with Crippen molar-refractivity contribution in [1.82, 2.24) is 5.32 Å². The Balaban J connectivity index is 1.55. The molecule has 2 aromatic rings. The molecule has 0 bridgehead atoms. The first kappa shape index (κ1) is 20.1. The molecule has 0 unspecified atom stereocenters. The smallest absolute Gasteiger partial charge is 0.293 e. The first-order valence-electron chi connectivity index (χ1n) is 9.07. The number of benzene rings is 2. The van der Waals surface area contributed by atoms with Crippen LogP contribution in [0.3, 0.4) is 0 Å². The highest BCUT2D eigenvalue weighted by Crippen LogP contribution is 2.33. The van der Waals surface area contributed by atoms with Crippen molar-refractivity contribution in [2.75, 3.05) is 25.1 Å². The largest absolute Gasteiger partial charge is 0.497 e. The Bertz CT molecular complexity index is 849. The van der Waals surface area contributed by atoms with Crippen LogP contribution in [0.25, 0.3) is 0 Å². The summed E-state index contributed by atoms with van der Waals surface area (Å²) in [6.45, 7) is 1.70. The van der Waals surface area contributed by atoms with Crippen LogP contribution in [0.1, 0.15) is 18.4 Å².